The number of fused-ring (bicyclic) bond motifs is 4. The van der Waals surface area contributed by atoms with Gasteiger partial charge in [-0.05, 0) is 129 Å². The Kier molecular flexibility index (Phi) is 13.7. The Morgan fingerprint density at radius 3 is 1.81 bits per heavy atom. The highest BCUT2D eigenvalue weighted by molar-refractivity contribution is 6.17. The predicted molar refractivity (Wildman–Crippen MR) is 243 cm³/mol. The summed E-state index contributed by atoms with van der Waals surface area (Å²) in [4.78, 5) is 4.35. The SMILES string of the molecule is C=Cc1c(-c2ccc3ccccc3c2)cc2c(cc(-c3ccc(/C(=C/CC(/C=C\C)=C/C)N=C)cc3)c3ccccc32)c1C=C.CC.Cc1ccccc1. The number of nitrogens with zero attached hydrogens (tertiary/aromatic N) is 1. The Labute approximate surface area is 322 Å². The molecule has 0 bridgehead atoms. The molecule has 0 saturated heterocycles. The summed E-state index contributed by atoms with van der Waals surface area (Å²) < 4.78 is 0. The average Bonchev–Trinajstić information content (AvgIpc) is 3.23. The van der Waals surface area contributed by atoms with Gasteiger partial charge in [0.2, 0.25) is 0 Å². The second kappa shape index (κ2) is 19.0. The van der Waals surface area contributed by atoms with Gasteiger partial charge in [0.25, 0.3) is 0 Å². The standard InChI is InChI=1S/C44H37N.C7H8.C2H6/c1-6-14-30(7-2)19-26-44(45-5)33-23-21-32(22-24-33)40-28-42-37(9-4)36(8-3)41(29-43(42)39-18-13-12-17-38(39)40)35-25-20-31-15-10-11-16-34(31)27-35;1-7-5-3-2-4-6-7;1-2/h6-18,20-29H,3-5,19H2,1-2H3;2-6H,1H3;1-2H3/b14-6-,30-7+,44-26-;;. The topological polar surface area (TPSA) is 12.4 Å². The molecule has 1 heteroatoms. The molecule has 268 valence electrons. The van der Waals surface area contributed by atoms with Crippen LogP contribution >= 0.6 is 0 Å². The maximum absolute atomic E-state index is 4.35. The van der Waals surface area contributed by atoms with Gasteiger partial charge in [0.05, 0.1) is 5.70 Å². The van der Waals surface area contributed by atoms with Gasteiger partial charge >= 0.3 is 0 Å². The van der Waals surface area contributed by atoms with E-state index in [9.17, 15) is 0 Å². The monoisotopic (exact) mass is 701 g/mol. The molecule has 0 aliphatic carbocycles. The van der Waals surface area contributed by atoms with Gasteiger partial charge in [0.1, 0.15) is 0 Å². The maximum Gasteiger partial charge on any atom is 0.0658 e. The minimum absolute atomic E-state index is 0.809. The van der Waals surface area contributed by atoms with E-state index in [0.29, 0.717) is 0 Å². The van der Waals surface area contributed by atoms with E-state index in [1.807, 2.05) is 51.1 Å². The van der Waals surface area contributed by atoms with Crippen LogP contribution in [0.25, 0.3) is 72.4 Å². The zero-order valence-electron chi connectivity index (χ0n) is 32.4. The summed E-state index contributed by atoms with van der Waals surface area (Å²) in [5.41, 5.74) is 11.4. The van der Waals surface area contributed by atoms with Crippen LogP contribution in [0.3, 0.4) is 0 Å². The number of rotatable bonds is 9. The van der Waals surface area contributed by atoms with Crippen LogP contribution in [0.1, 0.15) is 56.4 Å². The maximum atomic E-state index is 4.35. The Morgan fingerprint density at radius 1 is 0.593 bits per heavy atom. The normalized spacial score (nSPS) is 11.5. The zero-order valence-corrected chi connectivity index (χ0v) is 32.4. The second-order valence-electron chi connectivity index (χ2n) is 12.8. The number of aryl methyl sites for hydroxylation is 1. The molecule has 7 rings (SSSR count). The first-order valence-corrected chi connectivity index (χ1v) is 18.8. The van der Waals surface area contributed by atoms with Gasteiger partial charge in [-0.1, -0.05) is 184 Å². The lowest BCUT2D eigenvalue weighted by molar-refractivity contribution is 1.26. The molecule has 0 saturated carbocycles. The van der Waals surface area contributed by atoms with Crippen LogP contribution < -0.4 is 0 Å². The third-order valence-corrected chi connectivity index (χ3v) is 9.60. The van der Waals surface area contributed by atoms with Crippen LogP contribution in [0.5, 0.6) is 0 Å². The number of hydrogen-bond donors (Lipinski definition) is 0. The fourth-order valence-electron chi connectivity index (χ4n) is 6.90. The third-order valence-electron chi connectivity index (χ3n) is 9.60. The molecule has 0 unspecified atom stereocenters. The fraction of sp³-hybridized carbons (Fsp3) is 0.113. The first-order chi connectivity index (χ1) is 26.5. The lowest BCUT2D eigenvalue weighted by Crippen LogP contribution is -1.93. The van der Waals surface area contributed by atoms with Crippen molar-refractivity contribution in [3.8, 4) is 22.3 Å². The van der Waals surface area contributed by atoms with Crippen molar-refractivity contribution in [2.24, 2.45) is 4.99 Å². The Bertz CT molecular complexity index is 2490. The van der Waals surface area contributed by atoms with Gasteiger partial charge in [-0.15, -0.1) is 0 Å². The largest absolute Gasteiger partial charge is 0.264 e. The van der Waals surface area contributed by atoms with Crippen molar-refractivity contribution in [3.63, 3.8) is 0 Å². The van der Waals surface area contributed by atoms with E-state index in [0.717, 1.165) is 39.9 Å². The van der Waals surface area contributed by atoms with Crippen LogP contribution in [0.15, 0.2) is 181 Å². The van der Waals surface area contributed by atoms with E-state index in [4.69, 9.17) is 0 Å². The summed E-state index contributed by atoms with van der Waals surface area (Å²) in [6.07, 6.45) is 13.2. The molecule has 7 aromatic carbocycles. The summed E-state index contributed by atoms with van der Waals surface area (Å²) in [5, 5.41) is 7.25. The lowest BCUT2D eigenvalue weighted by Gasteiger charge is -2.18. The smallest absolute Gasteiger partial charge is 0.0658 e. The van der Waals surface area contributed by atoms with E-state index < -0.39 is 0 Å². The zero-order chi connectivity index (χ0) is 38.5. The van der Waals surface area contributed by atoms with Crippen molar-refractivity contribution < 1.29 is 0 Å². The molecule has 7 aromatic rings. The van der Waals surface area contributed by atoms with E-state index in [-0.39, 0.29) is 0 Å². The van der Waals surface area contributed by atoms with E-state index in [2.05, 4.69) is 178 Å². The Morgan fingerprint density at radius 2 is 1.20 bits per heavy atom. The summed E-state index contributed by atoms with van der Waals surface area (Å²) in [6, 6.07) is 47.5. The van der Waals surface area contributed by atoms with E-state index in [1.165, 1.54) is 54.6 Å². The van der Waals surface area contributed by atoms with Crippen molar-refractivity contribution in [2.45, 2.75) is 41.0 Å². The molecule has 0 heterocycles. The molecule has 0 aliphatic heterocycles. The summed E-state index contributed by atoms with van der Waals surface area (Å²) in [7, 11) is 0. The number of aliphatic imine (C=N–C) groups is 1. The van der Waals surface area contributed by atoms with Crippen molar-refractivity contribution in [3.05, 3.63) is 199 Å². The molecule has 0 N–H and O–H groups in total. The molecule has 0 aliphatic rings. The summed E-state index contributed by atoms with van der Waals surface area (Å²) in [5.74, 6) is 0. The first-order valence-electron chi connectivity index (χ1n) is 18.8. The lowest BCUT2D eigenvalue weighted by atomic mass is 9.85. The van der Waals surface area contributed by atoms with Crippen molar-refractivity contribution in [2.75, 3.05) is 0 Å². The molecule has 0 fully saturated rings. The number of benzene rings is 7. The fourth-order valence-corrected chi connectivity index (χ4v) is 6.90. The van der Waals surface area contributed by atoms with Gasteiger partial charge in [-0.25, -0.2) is 0 Å². The van der Waals surface area contributed by atoms with Crippen molar-refractivity contribution in [1.29, 1.82) is 0 Å². The average molecular weight is 702 g/mol. The molecule has 54 heavy (non-hydrogen) atoms. The van der Waals surface area contributed by atoms with Crippen LogP contribution in [0.2, 0.25) is 0 Å². The van der Waals surface area contributed by atoms with E-state index in [1.54, 1.807) is 0 Å². The second-order valence-corrected chi connectivity index (χ2v) is 12.8. The molecular weight excluding hydrogens is 651 g/mol. The highest BCUT2D eigenvalue weighted by atomic mass is 14.7. The minimum Gasteiger partial charge on any atom is -0.264 e. The number of allylic oxidation sites excluding steroid dienone is 5. The van der Waals surface area contributed by atoms with E-state index >= 15 is 0 Å². The summed E-state index contributed by atoms with van der Waals surface area (Å²) in [6.45, 7) is 22.5. The van der Waals surface area contributed by atoms with Crippen LogP contribution in [-0.4, -0.2) is 6.72 Å². The van der Waals surface area contributed by atoms with Gasteiger partial charge in [-0.3, -0.25) is 4.99 Å². The van der Waals surface area contributed by atoms with Crippen molar-refractivity contribution >= 4 is 56.9 Å². The highest BCUT2D eigenvalue weighted by Crippen LogP contribution is 2.42. The minimum atomic E-state index is 0.809. The first kappa shape index (κ1) is 38.9. The van der Waals surface area contributed by atoms with Crippen LogP contribution in [0.4, 0.5) is 0 Å². The van der Waals surface area contributed by atoms with Crippen molar-refractivity contribution in [1.82, 2.24) is 0 Å². The predicted octanol–water partition coefficient (Wildman–Crippen LogP) is 15.7. The molecule has 0 radical (unpaired) electrons. The van der Waals surface area contributed by atoms with Gasteiger partial charge in [-0.2, -0.15) is 0 Å². The van der Waals surface area contributed by atoms with Gasteiger partial charge in [0, 0.05) is 0 Å². The molecule has 0 spiro atoms. The molecule has 0 atom stereocenters. The quantitative estimate of drug-likeness (QED) is 0.0807. The molecule has 0 aromatic heterocycles. The number of hydrogen-bond acceptors (Lipinski definition) is 1. The van der Waals surface area contributed by atoms with Crippen LogP contribution in [0, 0.1) is 6.92 Å². The summed E-state index contributed by atoms with van der Waals surface area (Å²) >= 11 is 0. The molecule has 0 amide bonds. The highest BCUT2D eigenvalue weighted by Gasteiger charge is 2.16. The van der Waals surface area contributed by atoms with Gasteiger partial charge in [0.15, 0.2) is 0 Å². The third kappa shape index (κ3) is 8.65. The molecular formula is C53H51N. The van der Waals surface area contributed by atoms with Gasteiger partial charge < -0.3 is 0 Å². The molecule has 1 nitrogen and oxygen atoms in total. The van der Waals surface area contributed by atoms with Crippen LogP contribution in [-0.2, 0) is 0 Å². The Balaban J connectivity index is 0.000000553. The Hall–Kier alpha value is -6.31.